The van der Waals surface area contributed by atoms with Gasteiger partial charge >= 0.3 is 0 Å². The fourth-order valence-electron chi connectivity index (χ4n) is 1.05. The Morgan fingerprint density at radius 3 is 2.50 bits per heavy atom. The third kappa shape index (κ3) is 1.70. The first kappa shape index (κ1) is 9.04. The number of hydrogen-bond donors (Lipinski definition) is 0. The Bertz CT molecular complexity index is 438. The number of benzene rings is 1. The monoisotopic (exact) mass is 208 g/mol. The predicted molar refractivity (Wildman–Crippen MR) is 48.5 cm³/mol. The summed E-state index contributed by atoms with van der Waals surface area (Å²) in [6.07, 6.45) is 2.96. The SMILES string of the molecule is O=S([O-])c1ccc(-n2cncn2)cc1. The Labute approximate surface area is 82.7 Å². The zero-order valence-electron chi connectivity index (χ0n) is 7.03. The highest BCUT2D eigenvalue weighted by Gasteiger charge is 1.96. The number of hydrogen-bond acceptors (Lipinski definition) is 4. The molecule has 1 unspecified atom stereocenters. The van der Waals surface area contributed by atoms with Crippen molar-refractivity contribution in [1.29, 1.82) is 0 Å². The van der Waals surface area contributed by atoms with E-state index in [-0.39, 0.29) is 4.90 Å². The summed E-state index contributed by atoms with van der Waals surface area (Å²) in [6.45, 7) is 0. The molecule has 1 aromatic carbocycles. The molecule has 0 bridgehead atoms. The predicted octanol–water partition coefficient (Wildman–Crippen LogP) is 0.505. The summed E-state index contributed by atoms with van der Waals surface area (Å²) in [7, 11) is 0. The Kier molecular flexibility index (Phi) is 2.38. The van der Waals surface area contributed by atoms with Crippen molar-refractivity contribution in [1.82, 2.24) is 14.8 Å². The lowest BCUT2D eigenvalue weighted by Gasteiger charge is -2.05. The Morgan fingerprint density at radius 2 is 2.00 bits per heavy atom. The standard InChI is InChI=1S/C8H7N3O2S/c12-14(13)8-3-1-7(2-4-8)11-6-9-5-10-11/h1-6H,(H,12,13)/p-1. The molecule has 0 fully saturated rings. The van der Waals surface area contributed by atoms with Crippen molar-refractivity contribution >= 4 is 11.1 Å². The quantitative estimate of drug-likeness (QED) is 0.674. The maximum atomic E-state index is 10.6. The molecule has 2 aromatic rings. The van der Waals surface area contributed by atoms with Crippen LogP contribution in [-0.4, -0.2) is 23.5 Å². The second-order valence-electron chi connectivity index (χ2n) is 2.57. The maximum absolute atomic E-state index is 10.6. The highest BCUT2D eigenvalue weighted by molar-refractivity contribution is 7.79. The number of nitrogens with zero attached hydrogens (tertiary/aromatic N) is 3. The van der Waals surface area contributed by atoms with Gasteiger partial charge in [-0.05, 0) is 35.3 Å². The third-order valence-corrected chi connectivity index (χ3v) is 2.37. The summed E-state index contributed by atoms with van der Waals surface area (Å²) >= 11 is -2.18. The second-order valence-corrected chi connectivity index (χ2v) is 3.51. The molecule has 2 rings (SSSR count). The van der Waals surface area contributed by atoms with Crippen LogP contribution in [0.25, 0.3) is 5.69 Å². The molecule has 0 aliphatic carbocycles. The van der Waals surface area contributed by atoms with Crippen molar-refractivity contribution in [3.8, 4) is 5.69 Å². The van der Waals surface area contributed by atoms with Crippen LogP contribution in [0.1, 0.15) is 0 Å². The van der Waals surface area contributed by atoms with Crippen molar-refractivity contribution in [3.63, 3.8) is 0 Å². The first-order valence-electron chi connectivity index (χ1n) is 3.82. The summed E-state index contributed by atoms with van der Waals surface area (Å²) < 4.78 is 22.7. The number of rotatable bonds is 2. The zero-order valence-corrected chi connectivity index (χ0v) is 7.85. The largest absolute Gasteiger partial charge is 0.768 e. The highest BCUT2D eigenvalue weighted by atomic mass is 32.2. The normalized spacial score (nSPS) is 12.6. The lowest BCUT2D eigenvalue weighted by molar-refractivity contribution is 0.537. The van der Waals surface area contributed by atoms with Gasteiger partial charge in [-0.1, -0.05) is 0 Å². The molecule has 0 aliphatic rings. The van der Waals surface area contributed by atoms with Gasteiger partial charge in [-0.2, -0.15) is 5.10 Å². The summed E-state index contributed by atoms with van der Waals surface area (Å²) in [5.74, 6) is 0. The first-order valence-corrected chi connectivity index (χ1v) is 4.89. The van der Waals surface area contributed by atoms with Crippen molar-refractivity contribution in [3.05, 3.63) is 36.9 Å². The molecule has 1 heterocycles. The molecule has 0 saturated heterocycles. The van der Waals surface area contributed by atoms with Gasteiger partial charge in [-0.15, -0.1) is 0 Å². The fraction of sp³-hybridized carbons (Fsp3) is 0. The minimum absolute atomic E-state index is 0.258. The first-order chi connectivity index (χ1) is 6.77. The zero-order chi connectivity index (χ0) is 9.97. The molecule has 0 spiro atoms. The minimum Gasteiger partial charge on any atom is -0.768 e. The van der Waals surface area contributed by atoms with E-state index in [4.69, 9.17) is 0 Å². The van der Waals surface area contributed by atoms with Gasteiger partial charge in [0.1, 0.15) is 12.7 Å². The molecule has 0 aliphatic heterocycles. The maximum Gasteiger partial charge on any atom is 0.138 e. The van der Waals surface area contributed by atoms with E-state index in [1.807, 2.05) is 0 Å². The summed E-state index contributed by atoms with van der Waals surface area (Å²) in [4.78, 5) is 4.04. The van der Waals surface area contributed by atoms with Gasteiger partial charge in [0, 0.05) is 4.90 Å². The molecule has 0 N–H and O–H groups in total. The smallest absolute Gasteiger partial charge is 0.138 e. The van der Waals surface area contributed by atoms with Gasteiger partial charge in [0.25, 0.3) is 0 Å². The van der Waals surface area contributed by atoms with Gasteiger partial charge in [-0.25, -0.2) is 9.67 Å². The van der Waals surface area contributed by atoms with Gasteiger partial charge in [0.2, 0.25) is 0 Å². The van der Waals surface area contributed by atoms with Gasteiger partial charge in [0.15, 0.2) is 0 Å². The van der Waals surface area contributed by atoms with Crippen LogP contribution < -0.4 is 0 Å². The van der Waals surface area contributed by atoms with E-state index < -0.39 is 11.1 Å². The van der Waals surface area contributed by atoms with Crippen LogP contribution in [0.2, 0.25) is 0 Å². The van der Waals surface area contributed by atoms with E-state index in [0.29, 0.717) is 0 Å². The van der Waals surface area contributed by atoms with E-state index in [2.05, 4.69) is 10.1 Å². The van der Waals surface area contributed by atoms with E-state index in [1.165, 1.54) is 18.5 Å². The molecular formula is C8H6N3O2S-. The third-order valence-electron chi connectivity index (χ3n) is 1.71. The summed E-state index contributed by atoms with van der Waals surface area (Å²) in [6, 6.07) is 6.36. The van der Waals surface area contributed by atoms with Crippen LogP contribution in [0, 0.1) is 0 Å². The Balaban J connectivity index is 2.36. The van der Waals surface area contributed by atoms with Crippen LogP contribution in [0.5, 0.6) is 0 Å². The molecule has 6 heteroatoms. The van der Waals surface area contributed by atoms with Crippen LogP contribution in [0.4, 0.5) is 0 Å². The molecule has 0 radical (unpaired) electrons. The van der Waals surface area contributed by atoms with Crippen molar-refractivity contribution < 1.29 is 8.76 Å². The van der Waals surface area contributed by atoms with E-state index in [1.54, 1.807) is 23.1 Å². The minimum atomic E-state index is -2.18. The van der Waals surface area contributed by atoms with Crippen molar-refractivity contribution in [2.75, 3.05) is 0 Å². The van der Waals surface area contributed by atoms with E-state index in [9.17, 15) is 8.76 Å². The second kappa shape index (κ2) is 3.69. The highest BCUT2D eigenvalue weighted by Crippen LogP contribution is 2.09. The van der Waals surface area contributed by atoms with Crippen LogP contribution in [-0.2, 0) is 11.1 Å². The molecule has 1 aromatic heterocycles. The van der Waals surface area contributed by atoms with Gasteiger partial charge < -0.3 is 4.55 Å². The van der Waals surface area contributed by atoms with E-state index >= 15 is 0 Å². The molecule has 14 heavy (non-hydrogen) atoms. The summed E-state index contributed by atoms with van der Waals surface area (Å²) in [5, 5.41) is 3.91. The summed E-state index contributed by atoms with van der Waals surface area (Å²) in [5.41, 5.74) is 0.775. The van der Waals surface area contributed by atoms with Gasteiger partial charge in [0.05, 0.1) is 5.69 Å². The van der Waals surface area contributed by atoms with Crippen molar-refractivity contribution in [2.45, 2.75) is 4.90 Å². The molecular weight excluding hydrogens is 202 g/mol. The fourth-order valence-corrected chi connectivity index (χ4v) is 1.41. The molecule has 5 nitrogen and oxygen atoms in total. The van der Waals surface area contributed by atoms with Gasteiger partial charge in [-0.3, -0.25) is 4.21 Å². The van der Waals surface area contributed by atoms with Crippen LogP contribution >= 0.6 is 0 Å². The van der Waals surface area contributed by atoms with Crippen LogP contribution in [0.15, 0.2) is 41.8 Å². The van der Waals surface area contributed by atoms with Crippen molar-refractivity contribution in [2.24, 2.45) is 0 Å². The Hall–Kier alpha value is -1.53. The molecule has 1 atom stereocenters. The number of aromatic nitrogens is 3. The average Bonchev–Trinajstić information content (AvgIpc) is 2.71. The lowest BCUT2D eigenvalue weighted by atomic mass is 10.3. The lowest BCUT2D eigenvalue weighted by Crippen LogP contribution is -1.95. The molecule has 72 valence electrons. The van der Waals surface area contributed by atoms with Crippen LogP contribution in [0.3, 0.4) is 0 Å². The average molecular weight is 208 g/mol. The van der Waals surface area contributed by atoms with E-state index in [0.717, 1.165) is 5.69 Å². The Morgan fingerprint density at radius 1 is 1.29 bits per heavy atom. The topological polar surface area (TPSA) is 70.8 Å². The molecule has 0 saturated carbocycles. The molecule has 0 amide bonds.